The van der Waals surface area contributed by atoms with Crippen LogP contribution in [0.1, 0.15) is 46.5 Å². The summed E-state index contributed by atoms with van der Waals surface area (Å²) in [6.45, 7) is 7.38. The molecule has 1 heterocycles. The highest BCUT2D eigenvalue weighted by Gasteiger charge is 2.61. The predicted molar refractivity (Wildman–Crippen MR) is 111 cm³/mol. The van der Waals surface area contributed by atoms with Gasteiger partial charge in [0.05, 0.1) is 25.8 Å². The molecule has 2 saturated carbocycles. The molecule has 29 heavy (non-hydrogen) atoms. The lowest BCUT2D eigenvalue weighted by atomic mass is 9.69. The summed E-state index contributed by atoms with van der Waals surface area (Å²) in [4.78, 5) is 27.4. The van der Waals surface area contributed by atoms with Crippen LogP contribution in [0.15, 0.2) is 18.2 Å². The van der Waals surface area contributed by atoms with Gasteiger partial charge in [0.25, 0.3) is 0 Å². The van der Waals surface area contributed by atoms with Crippen LogP contribution in [0.25, 0.3) is 0 Å². The average Bonchev–Trinajstić information content (AvgIpc) is 3.25. The maximum absolute atomic E-state index is 13.1. The highest BCUT2D eigenvalue weighted by Crippen LogP contribution is 2.65. The predicted octanol–water partition coefficient (Wildman–Crippen LogP) is 3.39. The van der Waals surface area contributed by atoms with E-state index in [9.17, 15) is 9.59 Å². The maximum atomic E-state index is 13.1. The second-order valence-corrected chi connectivity index (χ2v) is 9.61. The SMILES string of the molecule is COc1ccc(N2CC(C(=O)NC3CC4CCC3(C)C4(C)C)CC2=O)c(OC)c1. The van der Waals surface area contributed by atoms with E-state index < -0.39 is 0 Å². The summed E-state index contributed by atoms with van der Waals surface area (Å²) in [5.41, 5.74) is 1.06. The first-order chi connectivity index (χ1) is 13.7. The number of methoxy groups -OCH3 is 2. The van der Waals surface area contributed by atoms with Crippen molar-refractivity contribution in [3.8, 4) is 11.5 Å². The van der Waals surface area contributed by atoms with E-state index in [2.05, 4.69) is 26.1 Å². The van der Waals surface area contributed by atoms with Gasteiger partial charge >= 0.3 is 0 Å². The summed E-state index contributed by atoms with van der Waals surface area (Å²) in [7, 11) is 3.16. The molecule has 4 unspecified atom stereocenters. The molecule has 2 aliphatic carbocycles. The standard InChI is InChI=1S/C23H32N2O4/c1-22(2)15-8-9-23(22,3)19(11-15)24-21(27)14-10-20(26)25(13-14)17-7-6-16(28-4)12-18(17)29-5/h6-7,12,14-15,19H,8-11,13H2,1-5H3,(H,24,27). The molecule has 1 N–H and O–H groups in total. The van der Waals surface area contributed by atoms with Gasteiger partial charge in [-0.25, -0.2) is 0 Å². The van der Waals surface area contributed by atoms with Crippen molar-refractivity contribution < 1.29 is 19.1 Å². The minimum atomic E-state index is -0.333. The molecule has 3 fully saturated rings. The first kappa shape index (κ1) is 20.0. The quantitative estimate of drug-likeness (QED) is 0.823. The molecular weight excluding hydrogens is 368 g/mol. The maximum Gasteiger partial charge on any atom is 0.227 e. The number of carbonyl (C=O) groups is 2. The molecule has 6 heteroatoms. The smallest absolute Gasteiger partial charge is 0.227 e. The molecule has 0 radical (unpaired) electrons. The van der Waals surface area contributed by atoms with E-state index in [0.29, 0.717) is 29.6 Å². The van der Waals surface area contributed by atoms with Gasteiger partial charge in [-0.3, -0.25) is 9.59 Å². The zero-order valence-corrected chi connectivity index (χ0v) is 18.1. The Labute approximate surface area is 172 Å². The lowest BCUT2D eigenvalue weighted by molar-refractivity contribution is -0.127. The third kappa shape index (κ3) is 2.99. The second-order valence-electron chi connectivity index (χ2n) is 9.61. The Bertz CT molecular complexity index is 836. The molecule has 1 aliphatic heterocycles. The number of carbonyl (C=O) groups excluding carboxylic acids is 2. The number of anilines is 1. The number of hydrogen-bond donors (Lipinski definition) is 1. The third-order valence-corrected chi connectivity index (χ3v) is 8.28. The average molecular weight is 401 g/mol. The second kappa shape index (κ2) is 6.92. The summed E-state index contributed by atoms with van der Waals surface area (Å²) < 4.78 is 10.7. The molecular formula is C23H32N2O4. The summed E-state index contributed by atoms with van der Waals surface area (Å²) in [5, 5.41) is 3.32. The van der Waals surface area contributed by atoms with Gasteiger partial charge in [0.15, 0.2) is 0 Å². The highest BCUT2D eigenvalue weighted by molar-refractivity contribution is 6.01. The molecule has 4 atom stereocenters. The molecule has 6 nitrogen and oxygen atoms in total. The van der Waals surface area contributed by atoms with Gasteiger partial charge in [-0.1, -0.05) is 20.8 Å². The number of fused-ring (bicyclic) bond motifs is 2. The van der Waals surface area contributed by atoms with Crippen molar-refractivity contribution in [3.63, 3.8) is 0 Å². The van der Waals surface area contributed by atoms with Gasteiger partial charge in [0.1, 0.15) is 11.5 Å². The zero-order valence-electron chi connectivity index (χ0n) is 18.1. The molecule has 0 aromatic heterocycles. The van der Waals surface area contributed by atoms with Gasteiger partial charge in [-0.15, -0.1) is 0 Å². The topological polar surface area (TPSA) is 67.9 Å². The molecule has 1 aromatic rings. The van der Waals surface area contributed by atoms with Crippen molar-refractivity contribution in [3.05, 3.63) is 18.2 Å². The molecule has 3 aliphatic rings. The van der Waals surface area contributed by atoms with Gasteiger partial charge in [0, 0.05) is 25.1 Å². The van der Waals surface area contributed by atoms with Crippen LogP contribution in [0.2, 0.25) is 0 Å². The first-order valence-electron chi connectivity index (χ1n) is 10.5. The fourth-order valence-electron chi connectivity index (χ4n) is 5.84. The van der Waals surface area contributed by atoms with E-state index in [0.717, 1.165) is 12.8 Å². The van der Waals surface area contributed by atoms with Crippen LogP contribution < -0.4 is 19.7 Å². The Kier molecular flexibility index (Phi) is 4.79. The fraction of sp³-hybridized carbons (Fsp3) is 0.652. The van der Waals surface area contributed by atoms with E-state index in [4.69, 9.17) is 9.47 Å². The van der Waals surface area contributed by atoms with E-state index in [-0.39, 0.29) is 41.0 Å². The summed E-state index contributed by atoms with van der Waals surface area (Å²) in [5.74, 6) is 1.53. The van der Waals surface area contributed by atoms with Crippen molar-refractivity contribution in [1.29, 1.82) is 0 Å². The van der Waals surface area contributed by atoms with Gasteiger partial charge in [-0.2, -0.15) is 0 Å². The van der Waals surface area contributed by atoms with Crippen LogP contribution in [0.3, 0.4) is 0 Å². The number of benzene rings is 1. The molecule has 1 saturated heterocycles. The number of amides is 2. The largest absolute Gasteiger partial charge is 0.497 e. The van der Waals surface area contributed by atoms with Gasteiger partial charge in [-0.05, 0) is 48.1 Å². The fourth-order valence-corrected chi connectivity index (χ4v) is 5.84. The third-order valence-electron chi connectivity index (χ3n) is 8.28. The first-order valence-corrected chi connectivity index (χ1v) is 10.5. The van der Waals surface area contributed by atoms with Crippen LogP contribution in [0.5, 0.6) is 11.5 Å². The number of nitrogens with zero attached hydrogens (tertiary/aromatic N) is 1. The number of rotatable bonds is 5. The highest BCUT2D eigenvalue weighted by atomic mass is 16.5. The van der Waals surface area contributed by atoms with E-state index in [1.54, 1.807) is 31.3 Å². The molecule has 0 spiro atoms. The Morgan fingerprint density at radius 2 is 1.97 bits per heavy atom. The Morgan fingerprint density at radius 3 is 2.55 bits per heavy atom. The van der Waals surface area contributed by atoms with Gasteiger partial charge < -0.3 is 19.7 Å². The number of ether oxygens (including phenoxy) is 2. The summed E-state index contributed by atoms with van der Waals surface area (Å²) >= 11 is 0. The molecule has 158 valence electrons. The Morgan fingerprint density at radius 1 is 1.21 bits per heavy atom. The molecule has 4 rings (SSSR count). The lowest BCUT2D eigenvalue weighted by Gasteiger charge is -2.39. The number of nitrogens with one attached hydrogen (secondary N) is 1. The minimum Gasteiger partial charge on any atom is -0.497 e. The lowest BCUT2D eigenvalue weighted by Crippen LogP contribution is -2.48. The van der Waals surface area contributed by atoms with Crippen molar-refractivity contribution >= 4 is 17.5 Å². The minimum absolute atomic E-state index is 0.00269. The van der Waals surface area contributed by atoms with Crippen LogP contribution in [0.4, 0.5) is 5.69 Å². The molecule has 2 amide bonds. The van der Waals surface area contributed by atoms with Crippen LogP contribution in [-0.4, -0.2) is 38.6 Å². The van der Waals surface area contributed by atoms with E-state index >= 15 is 0 Å². The van der Waals surface area contributed by atoms with Crippen molar-refractivity contribution in [2.24, 2.45) is 22.7 Å². The molecule has 1 aromatic carbocycles. The van der Waals surface area contributed by atoms with Crippen molar-refractivity contribution in [1.82, 2.24) is 5.32 Å². The van der Waals surface area contributed by atoms with Crippen molar-refractivity contribution in [2.45, 2.75) is 52.5 Å². The van der Waals surface area contributed by atoms with Gasteiger partial charge in [0.2, 0.25) is 11.8 Å². The monoisotopic (exact) mass is 400 g/mol. The van der Waals surface area contributed by atoms with E-state index in [1.807, 2.05) is 6.07 Å². The normalized spacial score (nSPS) is 32.5. The Balaban J connectivity index is 1.47. The van der Waals surface area contributed by atoms with E-state index in [1.165, 1.54) is 6.42 Å². The van der Waals surface area contributed by atoms with Crippen LogP contribution in [0, 0.1) is 22.7 Å². The zero-order chi connectivity index (χ0) is 21.0. The van der Waals surface area contributed by atoms with Crippen LogP contribution in [-0.2, 0) is 9.59 Å². The number of hydrogen-bond acceptors (Lipinski definition) is 4. The summed E-state index contributed by atoms with van der Waals surface area (Å²) in [6, 6.07) is 5.57. The Hall–Kier alpha value is -2.24. The summed E-state index contributed by atoms with van der Waals surface area (Å²) in [6.07, 6.45) is 3.69. The van der Waals surface area contributed by atoms with Crippen LogP contribution >= 0.6 is 0 Å². The molecule has 2 bridgehead atoms. The van der Waals surface area contributed by atoms with Crippen molar-refractivity contribution in [2.75, 3.05) is 25.7 Å².